The number of ether oxygens (including phenoxy) is 1. The van der Waals surface area contributed by atoms with Gasteiger partial charge in [0.2, 0.25) is 0 Å². The van der Waals surface area contributed by atoms with E-state index in [1.54, 1.807) is 6.08 Å². The highest BCUT2D eigenvalue weighted by Gasteiger charge is 2.38. The molecule has 0 aromatic heterocycles. The van der Waals surface area contributed by atoms with Crippen molar-refractivity contribution in [2.24, 2.45) is 0 Å². The smallest absolute Gasteiger partial charge is 0.330 e. The van der Waals surface area contributed by atoms with E-state index in [9.17, 15) is 4.79 Å². The van der Waals surface area contributed by atoms with Crippen LogP contribution in [0.3, 0.4) is 0 Å². The monoisotopic (exact) mass is 284 g/mol. The molecule has 0 bridgehead atoms. The third-order valence-electron chi connectivity index (χ3n) is 3.45. The summed E-state index contributed by atoms with van der Waals surface area (Å²) in [5, 5.41) is 0.232. The Balaban J connectivity index is 4.20. The molecule has 0 radical (unpaired) electrons. The molecule has 0 saturated heterocycles. The highest BCUT2D eigenvalue weighted by Crippen LogP contribution is 2.37. The fourth-order valence-corrected chi connectivity index (χ4v) is 2.73. The molecule has 1 unspecified atom stereocenters. The normalized spacial score (nSPS) is 15.1. The Morgan fingerprint density at radius 1 is 1.26 bits per heavy atom. The zero-order valence-corrected chi connectivity index (χ0v) is 14.3. The summed E-state index contributed by atoms with van der Waals surface area (Å²) < 4.78 is 10.7. The lowest BCUT2D eigenvalue weighted by Crippen LogP contribution is -2.43. The molecule has 19 heavy (non-hydrogen) atoms. The number of hydrogen-bond donors (Lipinski definition) is 0. The van der Waals surface area contributed by atoms with E-state index in [-0.39, 0.29) is 17.1 Å². The molecule has 4 heteroatoms. The van der Waals surface area contributed by atoms with E-state index in [0.29, 0.717) is 0 Å². The van der Waals surface area contributed by atoms with Crippen LogP contribution >= 0.6 is 0 Å². The highest BCUT2D eigenvalue weighted by atomic mass is 28.4. The molecular formula is C15H28O3Si. The van der Waals surface area contributed by atoms with E-state index in [2.05, 4.69) is 45.5 Å². The second kappa shape index (κ2) is 7.65. The fraction of sp³-hybridized carbons (Fsp3) is 0.667. The molecule has 0 aliphatic rings. The van der Waals surface area contributed by atoms with Gasteiger partial charge in [0.15, 0.2) is 8.32 Å². The predicted molar refractivity (Wildman–Crippen MR) is 82.7 cm³/mol. The summed E-state index contributed by atoms with van der Waals surface area (Å²) >= 11 is 0. The maximum absolute atomic E-state index is 10.8. The summed E-state index contributed by atoms with van der Waals surface area (Å²) in [7, 11) is -0.320. The van der Waals surface area contributed by atoms with E-state index < -0.39 is 8.32 Å². The van der Waals surface area contributed by atoms with E-state index in [1.165, 1.54) is 13.2 Å². The molecule has 0 aliphatic heterocycles. The molecule has 0 fully saturated rings. The minimum absolute atomic E-state index is 0.198. The van der Waals surface area contributed by atoms with Crippen molar-refractivity contribution in [1.82, 2.24) is 0 Å². The molecule has 3 nitrogen and oxygen atoms in total. The van der Waals surface area contributed by atoms with Crippen molar-refractivity contribution in [1.29, 1.82) is 0 Å². The van der Waals surface area contributed by atoms with Crippen LogP contribution in [0.25, 0.3) is 0 Å². The summed E-state index contributed by atoms with van der Waals surface area (Å²) in [5.41, 5.74) is 0. The summed E-state index contributed by atoms with van der Waals surface area (Å²) in [4.78, 5) is 10.8. The SMILES string of the molecule is COC(=O)/C=C/C=C/CC(C)O[Si](C)(C)C(C)(C)C. The van der Waals surface area contributed by atoms with Crippen molar-refractivity contribution in [3.8, 4) is 0 Å². The number of rotatable bonds is 6. The molecule has 0 aliphatic carbocycles. The molecule has 0 aromatic rings. The average molecular weight is 284 g/mol. The van der Waals surface area contributed by atoms with E-state index in [4.69, 9.17) is 4.43 Å². The van der Waals surface area contributed by atoms with Crippen molar-refractivity contribution in [3.63, 3.8) is 0 Å². The van der Waals surface area contributed by atoms with Crippen molar-refractivity contribution in [2.75, 3.05) is 7.11 Å². The quantitative estimate of drug-likeness (QED) is 0.319. The van der Waals surface area contributed by atoms with Crippen molar-refractivity contribution < 1.29 is 14.0 Å². The second-order valence-electron chi connectivity index (χ2n) is 6.23. The van der Waals surface area contributed by atoms with Crippen molar-refractivity contribution >= 4 is 14.3 Å². The Hall–Kier alpha value is -0.873. The van der Waals surface area contributed by atoms with Gasteiger partial charge in [0.1, 0.15) is 0 Å². The minimum Gasteiger partial charge on any atom is -0.466 e. The Morgan fingerprint density at radius 2 is 1.84 bits per heavy atom. The number of esters is 1. The number of carbonyl (C=O) groups excluding carboxylic acids is 1. The zero-order valence-electron chi connectivity index (χ0n) is 13.3. The summed E-state index contributed by atoms with van der Waals surface area (Å²) in [6.07, 6.45) is 7.99. The molecule has 0 amide bonds. The van der Waals surface area contributed by atoms with Crippen LogP contribution in [-0.4, -0.2) is 27.5 Å². The first-order valence-corrected chi connectivity index (χ1v) is 9.60. The van der Waals surface area contributed by atoms with Gasteiger partial charge < -0.3 is 9.16 Å². The zero-order chi connectivity index (χ0) is 15.1. The van der Waals surface area contributed by atoms with Crippen molar-refractivity contribution in [3.05, 3.63) is 24.3 Å². The van der Waals surface area contributed by atoms with E-state index in [1.807, 2.05) is 12.2 Å². The van der Waals surface area contributed by atoms with Crippen LogP contribution in [0.2, 0.25) is 18.1 Å². The van der Waals surface area contributed by atoms with Crippen LogP contribution < -0.4 is 0 Å². The third kappa shape index (κ3) is 7.33. The lowest BCUT2D eigenvalue weighted by Gasteiger charge is -2.38. The topological polar surface area (TPSA) is 35.5 Å². The van der Waals surface area contributed by atoms with Crippen LogP contribution in [0.15, 0.2) is 24.3 Å². The van der Waals surface area contributed by atoms with Gasteiger partial charge in [-0.3, -0.25) is 0 Å². The molecular weight excluding hydrogens is 256 g/mol. The van der Waals surface area contributed by atoms with Gasteiger partial charge in [0.25, 0.3) is 0 Å². The van der Waals surface area contributed by atoms with Gasteiger partial charge in [-0.2, -0.15) is 0 Å². The maximum Gasteiger partial charge on any atom is 0.330 e. The number of methoxy groups -OCH3 is 1. The Bertz CT molecular complexity index is 338. The van der Waals surface area contributed by atoms with Crippen molar-refractivity contribution in [2.45, 2.75) is 58.4 Å². The van der Waals surface area contributed by atoms with E-state index in [0.717, 1.165) is 6.42 Å². The van der Waals surface area contributed by atoms with Gasteiger partial charge >= 0.3 is 5.97 Å². The Morgan fingerprint density at radius 3 is 2.32 bits per heavy atom. The summed E-state index contributed by atoms with van der Waals surface area (Å²) in [5.74, 6) is -0.338. The van der Waals surface area contributed by atoms with Gasteiger partial charge in [0.05, 0.1) is 7.11 Å². The highest BCUT2D eigenvalue weighted by molar-refractivity contribution is 6.74. The maximum atomic E-state index is 10.8. The largest absolute Gasteiger partial charge is 0.466 e. The lowest BCUT2D eigenvalue weighted by atomic mass is 10.2. The molecule has 0 heterocycles. The summed E-state index contributed by atoms with van der Waals surface area (Å²) in [6.45, 7) is 13.3. The van der Waals surface area contributed by atoms with Gasteiger partial charge in [-0.1, -0.05) is 39.0 Å². The number of carbonyl (C=O) groups is 1. The molecule has 1 atom stereocenters. The van der Waals surface area contributed by atoms with Gasteiger partial charge in [-0.15, -0.1) is 0 Å². The van der Waals surface area contributed by atoms with E-state index >= 15 is 0 Å². The van der Waals surface area contributed by atoms with Gasteiger partial charge in [-0.25, -0.2) is 4.79 Å². The van der Waals surface area contributed by atoms with Crippen LogP contribution in [-0.2, 0) is 14.0 Å². The Labute approximate surface area is 118 Å². The van der Waals surface area contributed by atoms with Crippen LogP contribution in [0.1, 0.15) is 34.1 Å². The molecule has 0 rings (SSSR count). The Kier molecular flexibility index (Phi) is 7.30. The first-order chi connectivity index (χ1) is 8.60. The van der Waals surface area contributed by atoms with Crippen LogP contribution in [0, 0.1) is 0 Å². The van der Waals surface area contributed by atoms with Gasteiger partial charge in [0, 0.05) is 12.2 Å². The van der Waals surface area contributed by atoms with Gasteiger partial charge in [-0.05, 0) is 31.5 Å². The molecule has 0 N–H and O–H groups in total. The number of hydrogen-bond acceptors (Lipinski definition) is 3. The fourth-order valence-electron chi connectivity index (χ4n) is 1.28. The standard InChI is InChI=1S/C15H28O3Si/c1-13(18-19(6,7)15(2,3)4)11-9-8-10-12-14(16)17-5/h8-10,12-13H,11H2,1-7H3/b9-8+,12-10+. The lowest BCUT2D eigenvalue weighted by molar-refractivity contribution is -0.134. The first-order valence-electron chi connectivity index (χ1n) is 6.69. The molecule has 0 aromatic carbocycles. The minimum atomic E-state index is -1.69. The number of allylic oxidation sites excluding steroid dienone is 2. The molecule has 0 saturated carbocycles. The predicted octanol–water partition coefficient (Wildman–Crippen LogP) is 4.07. The van der Waals surface area contributed by atoms with Crippen LogP contribution in [0.5, 0.6) is 0 Å². The third-order valence-corrected chi connectivity index (χ3v) is 8.05. The average Bonchev–Trinajstić information content (AvgIpc) is 2.25. The molecule has 110 valence electrons. The second-order valence-corrected chi connectivity index (χ2v) is 11.0. The summed E-state index contributed by atoms with van der Waals surface area (Å²) in [6, 6.07) is 0. The molecule has 0 spiro atoms. The van der Waals surface area contributed by atoms with Crippen LogP contribution in [0.4, 0.5) is 0 Å². The first kappa shape index (κ1) is 18.1.